The Labute approximate surface area is 106 Å². The first-order valence-corrected chi connectivity index (χ1v) is 6.07. The zero-order chi connectivity index (χ0) is 13.0. The number of piperazine rings is 1. The Morgan fingerprint density at radius 1 is 1.44 bits per heavy atom. The van der Waals surface area contributed by atoms with Gasteiger partial charge in [-0.15, -0.1) is 0 Å². The van der Waals surface area contributed by atoms with Gasteiger partial charge in [-0.3, -0.25) is 14.7 Å². The topological polar surface area (TPSA) is 97.3 Å². The van der Waals surface area contributed by atoms with Crippen LogP contribution in [0.2, 0.25) is 0 Å². The summed E-state index contributed by atoms with van der Waals surface area (Å²) < 4.78 is 0. The van der Waals surface area contributed by atoms with E-state index >= 15 is 0 Å². The van der Waals surface area contributed by atoms with Crippen LogP contribution < -0.4 is 16.8 Å². The van der Waals surface area contributed by atoms with Gasteiger partial charge >= 0.3 is 0 Å². The van der Waals surface area contributed by atoms with Crippen LogP contribution in [-0.4, -0.2) is 42.0 Å². The van der Waals surface area contributed by atoms with E-state index in [2.05, 4.69) is 15.2 Å². The summed E-state index contributed by atoms with van der Waals surface area (Å²) >= 11 is 0. The third-order valence-electron chi connectivity index (χ3n) is 3.23. The van der Waals surface area contributed by atoms with Crippen molar-refractivity contribution in [2.45, 2.75) is 12.1 Å². The number of amides is 1. The first-order chi connectivity index (χ1) is 8.63. The molecular formula is C12H19N5O. The predicted octanol–water partition coefficient (Wildman–Crippen LogP) is -1.03. The van der Waals surface area contributed by atoms with Gasteiger partial charge in [0.15, 0.2) is 0 Å². The SMILES string of the molecule is NC(=O)CC(N)(c1ccccn1)N1CCNCC1. The predicted molar refractivity (Wildman–Crippen MR) is 68.4 cm³/mol. The smallest absolute Gasteiger partial charge is 0.221 e. The number of nitrogens with one attached hydrogen (secondary N) is 1. The minimum atomic E-state index is -0.908. The van der Waals surface area contributed by atoms with Gasteiger partial charge in [-0.05, 0) is 12.1 Å². The van der Waals surface area contributed by atoms with E-state index in [0.717, 1.165) is 26.2 Å². The van der Waals surface area contributed by atoms with E-state index in [4.69, 9.17) is 11.5 Å². The summed E-state index contributed by atoms with van der Waals surface area (Å²) in [4.78, 5) is 17.7. The summed E-state index contributed by atoms with van der Waals surface area (Å²) in [6.45, 7) is 3.26. The van der Waals surface area contributed by atoms with Crippen LogP contribution in [0.5, 0.6) is 0 Å². The molecule has 1 saturated heterocycles. The highest BCUT2D eigenvalue weighted by Crippen LogP contribution is 2.25. The molecule has 2 heterocycles. The Kier molecular flexibility index (Phi) is 3.90. The summed E-state index contributed by atoms with van der Waals surface area (Å²) in [6, 6.07) is 5.53. The maximum absolute atomic E-state index is 11.3. The Balaban J connectivity index is 2.30. The third kappa shape index (κ3) is 2.66. The second-order valence-corrected chi connectivity index (χ2v) is 4.52. The fourth-order valence-electron chi connectivity index (χ4n) is 2.31. The highest BCUT2D eigenvalue weighted by atomic mass is 16.1. The fourth-order valence-corrected chi connectivity index (χ4v) is 2.31. The average molecular weight is 249 g/mol. The van der Waals surface area contributed by atoms with Crippen LogP contribution in [0.15, 0.2) is 24.4 Å². The fraction of sp³-hybridized carbons (Fsp3) is 0.500. The molecule has 1 aliphatic rings. The monoisotopic (exact) mass is 249 g/mol. The van der Waals surface area contributed by atoms with Crippen LogP contribution in [0.3, 0.4) is 0 Å². The summed E-state index contributed by atoms with van der Waals surface area (Å²) in [7, 11) is 0. The van der Waals surface area contributed by atoms with Crippen molar-refractivity contribution in [2.75, 3.05) is 26.2 Å². The first-order valence-electron chi connectivity index (χ1n) is 6.07. The van der Waals surface area contributed by atoms with Crippen LogP contribution in [0.1, 0.15) is 12.1 Å². The number of aromatic nitrogens is 1. The molecule has 1 aliphatic heterocycles. The number of carbonyl (C=O) groups is 1. The molecule has 1 aromatic heterocycles. The van der Waals surface area contributed by atoms with Gasteiger partial charge in [-0.25, -0.2) is 0 Å². The zero-order valence-corrected chi connectivity index (χ0v) is 10.3. The average Bonchev–Trinajstić information content (AvgIpc) is 2.40. The molecule has 1 fully saturated rings. The van der Waals surface area contributed by atoms with E-state index < -0.39 is 11.6 Å². The van der Waals surface area contributed by atoms with E-state index in [1.54, 1.807) is 6.20 Å². The van der Waals surface area contributed by atoms with Crippen molar-refractivity contribution >= 4 is 5.91 Å². The van der Waals surface area contributed by atoms with Gasteiger partial charge in [-0.2, -0.15) is 0 Å². The number of carbonyl (C=O) groups excluding carboxylic acids is 1. The molecule has 0 radical (unpaired) electrons. The van der Waals surface area contributed by atoms with E-state index in [1.807, 2.05) is 18.2 Å². The maximum Gasteiger partial charge on any atom is 0.221 e. The lowest BCUT2D eigenvalue weighted by Crippen LogP contribution is -2.60. The molecule has 6 heteroatoms. The second-order valence-electron chi connectivity index (χ2n) is 4.52. The minimum Gasteiger partial charge on any atom is -0.370 e. The maximum atomic E-state index is 11.3. The molecule has 0 aromatic carbocycles. The molecule has 0 saturated carbocycles. The normalized spacial score (nSPS) is 20.3. The third-order valence-corrected chi connectivity index (χ3v) is 3.23. The summed E-state index contributed by atoms with van der Waals surface area (Å²) in [5.74, 6) is -0.415. The van der Waals surface area contributed by atoms with E-state index in [-0.39, 0.29) is 6.42 Å². The molecule has 1 amide bonds. The summed E-state index contributed by atoms with van der Waals surface area (Å²) in [6.07, 6.45) is 1.75. The molecule has 18 heavy (non-hydrogen) atoms. The van der Waals surface area contributed by atoms with Gasteiger partial charge in [0.05, 0.1) is 12.1 Å². The molecule has 0 spiro atoms. The lowest BCUT2D eigenvalue weighted by atomic mass is 9.98. The number of hydrogen-bond acceptors (Lipinski definition) is 5. The van der Waals surface area contributed by atoms with Gasteiger partial charge in [0.1, 0.15) is 5.66 Å². The molecule has 5 N–H and O–H groups in total. The van der Waals surface area contributed by atoms with Crippen molar-refractivity contribution in [1.29, 1.82) is 0 Å². The van der Waals surface area contributed by atoms with E-state index in [9.17, 15) is 4.79 Å². The van der Waals surface area contributed by atoms with E-state index in [0.29, 0.717) is 5.69 Å². The van der Waals surface area contributed by atoms with Crippen molar-refractivity contribution in [1.82, 2.24) is 15.2 Å². The minimum absolute atomic E-state index is 0.0734. The number of pyridine rings is 1. The number of primary amides is 1. The molecule has 1 aromatic rings. The van der Waals surface area contributed by atoms with Gasteiger partial charge in [0, 0.05) is 32.4 Å². The van der Waals surface area contributed by atoms with Crippen molar-refractivity contribution < 1.29 is 4.79 Å². The number of hydrogen-bond donors (Lipinski definition) is 3. The molecule has 0 bridgehead atoms. The highest BCUT2D eigenvalue weighted by molar-refractivity contribution is 5.75. The first kappa shape index (κ1) is 12.9. The van der Waals surface area contributed by atoms with Crippen molar-refractivity contribution in [3.63, 3.8) is 0 Å². The quantitative estimate of drug-likeness (QED) is 0.634. The number of nitrogens with zero attached hydrogens (tertiary/aromatic N) is 2. The van der Waals surface area contributed by atoms with E-state index in [1.165, 1.54) is 0 Å². The van der Waals surface area contributed by atoms with Crippen LogP contribution in [0.4, 0.5) is 0 Å². The Morgan fingerprint density at radius 2 is 2.17 bits per heavy atom. The Morgan fingerprint density at radius 3 is 2.72 bits per heavy atom. The summed E-state index contributed by atoms with van der Waals surface area (Å²) in [5, 5.41) is 3.26. The molecule has 2 rings (SSSR count). The van der Waals surface area contributed by atoms with Crippen LogP contribution in [0.25, 0.3) is 0 Å². The van der Waals surface area contributed by atoms with Crippen LogP contribution in [0, 0.1) is 0 Å². The van der Waals surface area contributed by atoms with Crippen molar-refractivity contribution in [2.24, 2.45) is 11.5 Å². The van der Waals surface area contributed by atoms with Crippen molar-refractivity contribution in [3.8, 4) is 0 Å². The molecule has 0 aliphatic carbocycles. The van der Waals surface area contributed by atoms with Gasteiger partial charge in [-0.1, -0.05) is 6.07 Å². The highest BCUT2D eigenvalue weighted by Gasteiger charge is 2.37. The molecular weight excluding hydrogens is 230 g/mol. The number of rotatable bonds is 4. The number of nitrogens with two attached hydrogens (primary N) is 2. The van der Waals surface area contributed by atoms with Crippen LogP contribution in [-0.2, 0) is 10.5 Å². The lowest BCUT2D eigenvalue weighted by molar-refractivity contribution is -0.121. The molecule has 6 nitrogen and oxygen atoms in total. The Hall–Kier alpha value is -1.50. The molecule has 1 atom stereocenters. The molecule has 1 unspecified atom stereocenters. The second kappa shape index (κ2) is 5.43. The lowest BCUT2D eigenvalue weighted by Gasteiger charge is -2.42. The Bertz CT molecular complexity index is 404. The zero-order valence-electron chi connectivity index (χ0n) is 10.3. The molecule has 98 valence electrons. The van der Waals surface area contributed by atoms with Gasteiger partial charge < -0.3 is 16.8 Å². The van der Waals surface area contributed by atoms with Gasteiger partial charge in [0.25, 0.3) is 0 Å². The largest absolute Gasteiger partial charge is 0.370 e. The van der Waals surface area contributed by atoms with Gasteiger partial charge in [0.2, 0.25) is 5.91 Å². The summed E-state index contributed by atoms with van der Waals surface area (Å²) in [5.41, 5.74) is 11.5. The van der Waals surface area contributed by atoms with Crippen molar-refractivity contribution in [3.05, 3.63) is 30.1 Å². The van der Waals surface area contributed by atoms with Crippen LogP contribution >= 0.6 is 0 Å². The standard InChI is InChI=1S/C12H19N5O/c13-11(18)9-12(14,10-3-1-2-4-16-10)17-7-5-15-6-8-17/h1-4,15H,5-9,14H2,(H2,13,18).